The van der Waals surface area contributed by atoms with E-state index in [0.717, 1.165) is 18.5 Å². The van der Waals surface area contributed by atoms with Crippen LogP contribution in [0.4, 0.5) is 5.69 Å². The average molecular weight is 234 g/mol. The lowest BCUT2D eigenvalue weighted by Crippen LogP contribution is -2.38. The van der Waals surface area contributed by atoms with Crippen LogP contribution >= 0.6 is 0 Å². The molecule has 1 aromatic rings. The highest BCUT2D eigenvalue weighted by atomic mass is 16.2. The van der Waals surface area contributed by atoms with E-state index < -0.39 is 0 Å². The Bertz CT molecular complexity index is 401. The summed E-state index contributed by atoms with van der Waals surface area (Å²) in [6.07, 6.45) is 0.959. The second kappa shape index (κ2) is 5.71. The van der Waals surface area contributed by atoms with Crippen molar-refractivity contribution in [2.45, 2.75) is 40.2 Å². The number of amides is 1. The second-order valence-electron chi connectivity index (χ2n) is 4.42. The van der Waals surface area contributed by atoms with Gasteiger partial charge in [0.15, 0.2) is 0 Å². The predicted molar refractivity (Wildman–Crippen MR) is 72.1 cm³/mol. The smallest absolute Gasteiger partial charge is 0.254 e. The van der Waals surface area contributed by atoms with E-state index in [9.17, 15) is 4.79 Å². The van der Waals surface area contributed by atoms with Gasteiger partial charge >= 0.3 is 0 Å². The van der Waals surface area contributed by atoms with Crippen LogP contribution in [0.5, 0.6) is 0 Å². The summed E-state index contributed by atoms with van der Waals surface area (Å²) in [6.45, 7) is 8.82. The molecule has 0 aliphatic heterocycles. The normalized spacial score (nSPS) is 12.2. The fourth-order valence-electron chi connectivity index (χ4n) is 1.82. The number of hydrogen-bond acceptors (Lipinski definition) is 2. The Balaban J connectivity index is 2.98. The molecule has 0 spiro atoms. The third-order valence-corrected chi connectivity index (χ3v) is 3.25. The van der Waals surface area contributed by atoms with Crippen LogP contribution < -0.4 is 5.73 Å². The van der Waals surface area contributed by atoms with Crippen molar-refractivity contribution >= 4 is 11.6 Å². The Labute approximate surface area is 104 Å². The van der Waals surface area contributed by atoms with Crippen LogP contribution in [-0.4, -0.2) is 23.4 Å². The number of nitrogens with zero attached hydrogens (tertiary/aromatic N) is 1. The Kier molecular flexibility index (Phi) is 4.55. The lowest BCUT2D eigenvalue weighted by molar-refractivity contribution is 0.0700. The van der Waals surface area contributed by atoms with Crippen LogP contribution in [0.25, 0.3) is 0 Å². The van der Waals surface area contributed by atoms with Gasteiger partial charge in [-0.05, 0) is 44.9 Å². The molecule has 3 nitrogen and oxygen atoms in total. The van der Waals surface area contributed by atoms with Gasteiger partial charge in [0.1, 0.15) is 0 Å². The van der Waals surface area contributed by atoms with Crippen LogP contribution in [0.1, 0.15) is 43.1 Å². The SMILES string of the molecule is CCC(C)N(CC)C(=O)c1ccc(C)c(N)c1. The molecule has 1 unspecified atom stereocenters. The standard InChI is InChI=1S/C14H22N2O/c1-5-11(4)16(6-2)14(17)12-8-7-10(3)13(15)9-12/h7-9,11H,5-6,15H2,1-4H3. The molecule has 1 aromatic carbocycles. The highest BCUT2D eigenvalue weighted by Crippen LogP contribution is 2.16. The third kappa shape index (κ3) is 2.99. The van der Waals surface area contributed by atoms with E-state index in [2.05, 4.69) is 13.8 Å². The molecule has 0 aliphatic rings. The molecule has 0 radical (unpaired) electrons. The monoisotopic (exact) mass is 234 g/mol. The van der Waals surface area contributed by atoms with Gasteiger partial charge in [0, 0.05) is 23.8 Å². The number of rotatable bonds is 4. The highest BCUT2D eigenvalue weighted by molar-refractivity contribution is 5.95. The molecule has 1 amide bonds. The fourth-order valence-corrected chi connectivity index (χ4v) is 1.82. The Morgan fingerprint density at radius 2 is 2.06 bits per heavy atom. The van der Waals surface area contributed by atoms with Crippen LogP contribution in [0, 0.1) is 6.92 Å². The van der Waals surface area contributed by atoms with E-state index in [-0.39, 0.29) is 11.9 Å². The summed E-state index contributed by atoms with van der Waals surface area (Å²) < 4.78 is 0. The number of benzene rings is 1. The minimum absolute atomic E-state index is 0.0635. The summed E-state index contributed by atoms with van der Waals surface area (Å²) >= 11 is 0. The first kappa shape index (κ1) is 13.6. The van der Waals surface area contributed by atoms with E-state index in [4.69, 9.17) is 5.73 Å². The summed E-state index contributed by atoms with van der Waals surface area (Å²) in [6, 6.07) is 5.77. The summed E-state index contributed by atoms with van der Waals surface area (Å²) in [7, 11) is 0. The van der Waals surface area contributed by atoms with Gasteiger partial charge in [-0.15, -0.1) is 0 Å². The third-order valence-electron chi connectivity index (χ3n) is 3.25. The minimum atomic E-state index is 0.0635. The van der Waals surface area contributed by atoms with Crippen molar-refractivity contribution in [3.8, 4) is 0 Å². The first-order chi connectivity index (χ1) is 8.01. The van der Waals surface area contributed by atoms with E-state index in [1.807, 2.05) is 30.9 Å². The summed E-state index contributed by atoms with van der Waals surface area (Å²) in [5.41, 5.74) is 8.20. The molecule has 0 bridgehead atoms. The lowest BCUT2D eigenvalue weighted by atomic mass is 10.1. The number of nitrogen functional groups attached to an aromatic ring is 1. The van der Waals surface area contributed by atoms with Gasteiger partial charge in [-0.2, -0.15) is 0 Å². The molecule has 1 rings (SSSR count). The first-order valence-corrected chi connectivity index (χ1v) is 6.18. The maximum Gasteiger partial charge on any atom is 0.254 e. The van der Waals surface area contributed by atoms with Crippen molar-refractivity contribution < 1.29 is 4.79 Å². The summed E-state index contributed by atoms with van der Waals surface area (Å²) in [4.78, 5) is 14.2. The van der Waals surface area contributed by atoms with E-state index in [0.29, 0.717) is 11.3 Å². The van der Waals surface area contributed by atoms with E-state index in [1.54, 1.807) is 6.07 Å². The zero-order valence-electron chi connectivity index (χ0n) is 11.2. The van der Waals surface area contributed by atoms with Gasteiger partial charge in [0.05, 0.1) is 0 Å². The predicted octanol–water partition coefficient (Wildman–Crippen LogP) is 2.84. The number of hydrogen-bond donors (Lipinski definition) is 1. The quantitative estimate of drug-likeness (QED) is 0.814. The zero-order chi connectivity index (χ0) is 13.0. The summed E-state index contributed by atoms with van der Waals surface area (Å²) in [5, 5.41) is 0. The molecule has 2 N–H and O–H groups in total. The molecule has 0 aliphatic carbocycles. The molecule has 0 aromatic heterocycles. The van der Waals surface area contributed by atoms with Gasteiger partial charge in [-0.1, -0.05) is 13.0 Å². The van der Waals surface area contributed by atoms with Crippen molar-refractivity contribution in [1.29, 1.82) is 0 Å². The molecule has 17 heavy (non-hydrogen) atoms. The topological polar surface area (TPSA) is 46.3 Å². The average Bonchev–Trinajstić information content (AvgIpc) is 2.33. The Morgan fingerprint density at radius 3 is 2.53 bits per heavy atom. The lowest BCUT2D eigenvalue weighted by Gasteiger charge is -2.27. The minimum Gasteiger partial charge on any atom is -0.398 e. The van der Waals surface area contributed by atoms with Crippen LogP contribution in [0.3, 0.4) is 0 Å². The second-order valence-corrected chi connectivity index (χ2v) is 4.42. The molecule has 0 heterocycles. The molecular weight excluding hydrogens is 212 g/mol. The maximum atomic E-state index is 12.3. The summed E-state index contributed by atoms with van der Waals surface area (Å²) in [5.74, 6) is 0.0635. The highest BCUT2D eigenvalue weighted by Gasteiger charge is 2.18. The number of nitrogens with two attached hydrogens (primary N) is 1. The van der Waals surface area contributed by atoms with E-state index in [1.165, 1.54) is 0 Å². The number of carbonyl (C=O) groups is 1. The van der Waals surface area contributed by atoms with Crippen molar-refractivity contribution in [3.05, 3.63) is 29.3 Å². The van der Waals surface area contributed by atoms with Crippen LogP contribution in [0.15, 0.2) is 18.2 Å². The zero-order valence-corrected chi connectivity index (χ0v) is 11.2. The molecular formula is C14H22N2O. The van der Waals surface area contributed by atoms with Crippen molar-refractivity contribution in [3.63, 3.8) is 0 Å². The number of anilines is 1. The van der Waals surface area contributed by atoms with Gasteiger partial charge in [0.2, 0.25) is 0 Å². The van der Waals surface area contributed by atoms with Gasteiger partial charge in [-0.25, -0.2) is 0 Å². The molecule has 94 valence electrons. The van der Waals surface area contributed by atoms with Crippen LogP contribution in [-0.2, 0) is 0 Å². The molecule has 0 saturated heterocycles. The van der Waals surface area contributed by atoms with Crippen LogP contribution in [0.2, 0.25) is 0 Å². The number of carbonyl (C=O) groups excluding carboxylic acids is 1. The molecule has 0 saturated carbocycles. The number of aryl methyl sites for hydroxylation is 1. The largest absolute Gasteiger partial charge is 0.398 e. The van der Waals surface area contributed by atoms with Gasteiger partial charge in [-0.3, -0.25) is 4.79 Å². The van der Waals surface area contributed by atoms with E-state index >= 15 is 0 Å². The van der Waals surface area contributed by atoms with Gasteiger partial charge < -0.3 is 10.6 Å². The Hall–Kier alpha value is -1.51. The molecule has 0 fully saturated rings. The van der Waals surface area contributed by atoms with Crippen molar-refractivity contribution in [2.75, 3.05) is 12.3 Å². The van der Waals surface area contributed by atoms with Crippen molar-refractivity contribution in [1.82, 2.24) is 4.90 Å². The molecule has 3 heteroatoms. The Morgan fingerprint density at radius 1 is 1.41 bits per heavy atom. The molecule has 1 atom stereocenters. The fraction of sp³-hybridized carbons (Fsp3) is 0.500. The van der Waals surface area contributed by atoms with Gasteiger partial charge in [0.25, 0.3) is 5.91 Å². The van der Waals surface area contributed by atoms with Crippen molar-refractivity contribution in [2.24, 2.45) is 0 Å². The maximum absolute atomic E-state index is 12.3. The first-order valence-electron chi connectivity index (χ1n) is 6.18.